The van der Waals surface area contributed by atoms with Crippen molar-refractivity contribution < 1.29 is 0 Å². The smallest absolute Gasteiger partial charge is 0.138 e. The molecule has 31 heavy (non-hydrogen) atoms. The minimum atomic E-state index is 0.875. The maximum atomic E-state index is 4.79. The molecule has 0 saturated heterocycles. The first-order chi connectivity index (χ1) is 15.3. The molecule has 0 unspecified atom stereocenters. The summed E-state index contributed by atoms with van der Waals surface area (Å²) in [4.78, 5) is 16.5. The second-order valence-electron chi connectivity index (χ2n) is 7.71. The third-order valence-electron chi connectivity index (χ3n) is 5.64. The lowest BCUT2D eigenvalue weighted by molar-refractivity contribution is 1.22. The molecular weight excluding hydrogens is 380 g/mol. The Morgan fingerprint density at radius 1 is 0.613 bits per heavy atom. The summed E-state index contributed by atoms with van der Waals surface area (Å²) in [5.41, 5.74) is 8.59. The second-order valence-corrected chi connectivity index (χ2v) is 7.71. The SMILES string of the molecule is C1=CC=C(c2nc3ccc(-c4ccc5nc(-c6ccccc6)[nH]c5c4)cc3[nH]2)CC=C1. The predicted octanol–water partition coefficient (Wildman–Crippen LogP) is 6.67. The number of imidazole rings is 2. The third-order valence-corrected chi connectivity index (χ3v) is 5.64. The maximum absolute atomic E-state index is 4.79. The molecule has 0 bridgehead atoms. The summed E-state index contributed by atoms with van der Waals surface area (Å²) in [6.07, 6.45) is 11.3. The normalized spacial score (nSPS) is 13.6. The van der Waals surface area contributed by atoms with Gasteiger partial charge in [-0.15, -0.1) is 0 Å². The van der Waals surface area contributed by atoms with Crippen molar-refractivity contribution in [2.24, 2.45) is 0 Å². The summed E-state index contributed by atoms with van der Waals surface area (Å²) in [7, 11) is 0. The van der Waals surface area contributed by atoms with E-state index in [9.17, 15) is 0 Å². The van der Waals surface area contributed by atoms with Gasteiger partial charge in [0.15, 0.2) is 0 Å². The van der Waals surface area contributed by atoms with E-state index in [2.05, 4.69) is 82.8 Å². The van der Waals surface area contributed by atoms with Crippen molar-refractivity contribution in [1.29, 1.82) is 0 Å². The summed E-state index contributed by atoms with van der Waals surface area (Å²) >= 11 is 0. The van der Waals surface area contributed by atoms with E-state index in [1.807, 2.05) is 24.3 Å². The van der Waals surface area contributed by atoms with Crippen LogP contribution >= 0.6 is 0 Å². The molecule has 0 radical (unpaired) electrons. The Hall–Kier alpha value is -4.18. The van der Waals surface area contributed by atoms with Crippen molar-refractivity contribution >= 4 is 27.6 Å². The first-order valence-corrected chi connectivity index (χ1v) is 10.4. The summed E-state index contributed by atoms with van der Waals surface area (Å²) in [5.74, 6) is 1.82. The van der Waals surface area contributed by atoms with Crippen molar-refractivity contribution in [3.63, 3.8) is 0 Å². The van der Waals surface area contributed by atoms with Gasteiger partial charge < -0.3 is 9.97 Å². The number of nitrogens with zero attached hydrogens (tertiary/aromatic N) is 2. The van der Waals surface area contributed by atoms with Gasteiger partial charge in [0.05, 0.1) is 22.1 Å². The molecule has 3 aromatic carbocycles. The molecule has 2 heterocycles. The van der Waals surface area contributed by atoms with Crippen molar-refractivity contribution in [3.05, 3.63) is 103 Å². The Morgan fingerprint density at radius 3 is 2.03 bits per heavy atom. The van der Waals surface area contributed by atoms with E-state index in [1.54, 1.807) is 0 Å². The van der Waals surface area contributed by atoms with Gasteiger partial charge in [0.1, 0.15) is 11.6 Å². The predicted molar refractivity (Wildman–Crippen MR) is 127 cm³/mol. The van der Waals surface area contributed by atoms with Gasteiger partial charge in [0.25, 0.3) is 0 Å². The third kappa shape index (κ3) is 3.28. The van der Waals surface area contributed by atoms with Gasteiger partial charge in [-0.1, -0.05) is 72.8 Å². The van der Waals surface area contributed by atoms with Crippen LogP contribution in [0.5, 0.6) is 0 Å². The molecule has 4 nitrogen and oxygen atoms in total. The standard InChI is InChI=1S/C27H20N4/c1-2-5-9-18(8-4-1)26-28-22-14-12-20(16-24(22)30-26)21-13-15-23-25(17-21)31-27(29-23)19-10-6-3-7-11-19/h1-8,10-17H,9H2,(H,28,30)(H,29,31). The van der Waals surface area contributed by atoms with Crippen LogP contribution < -0.4 is 0 Å². The van der Waals surface area contributed by atoms with Crippen molar-refractivity contribution in [3.8, 4) is 22.5 Å². The zero-order valence-corrected chi connectivity index (χ0v) is 16.8. The van der Waals surface area contributed by atoms with E-state index in [1.165, 1.54) is 5.57 Å². The Kier molecular flexibility index (Phi) is 4.13. The number of H-pyrrole nitrogens is 2. The molecule has 1 aliphatic carbocycles. The molecule has 0 saturated carbocycles. The highest BCUT2D eigenvalue weighted by atomic mass is 14.9. The first kappa shape index (κ1) is 17.7. The lowest BCUT2D eigenvalue weighted by Gasteiger charge is -2.01. The number of nitrogens with one attached hydrogen (secondary N) is 2. The topological polar surface area (TPSA) is 57.4 Å². The van der Waals surface area contributed by atoms with Crippen LogP contribution in [-0.2, 0) is 0 Å². The van der Waals surface area contributed by atoms with Gasteiger partial charge in [-0.3, -0.25) is 0 Å². The summed E-state index contributed by atoms with van der Waals surface area (Å²) < 4.78 is 0. The van der Waals surface area contributed by atoms with Crippen molar-refractivity contribution in [1.82, 2.24) is 19.9 Å². The van der Waals surface area contributed by atoms with E-state index < -0.39 is 0 Å². The van der Waals surface area contributed by atoms with E-state index >= 15 is 0 Å². The molecule has 0 aliphatic heterocycles. The van der Waals surface area contributed by atoms with Gasteiger partial charge in [-0.2, -0.15) is 0 Å². The average Bonchev–Trinajstić information content (AvgIpc) is 3.34. The molecule has 4 heteroatoms. The summed E-state index contributed by atoms with van der Waals surface area (Å²) in [6, 6.07) is 22.9. The Balaban J connectivity index is 1.38. The van der Waals surface area contributed by atoms with E-state index in [4.69, 9.17) is 9.97 Å². The molecule has 0 amide bonds. The highest BCUT2D eigenvalue weighted by Crippen LogP contribution is 2.29. The van der Waals surface area contributed by atoms with Crippen LogP contribution in [-0.4, -0.2) is 19.9 Å². The molecular formula is C27H20N4. The number of allylic oxidation sites excluding steroid dienone is 6. The molecule has 0 atom stereocenters. The van der Waals surface area contributed by atoms with Crippen LogP contribution in [0.4, 0.5) is 0 Å². The minimum absolute atomic E-state index is 0.875. The van der Waals surface area contributed by atoms with E-state index in [0.717, 1.165) is 56.8 Å². The Labute approximate surface area is 179 Å². The fourth-order valence-corrected chi connectivity index (χ4v) is 4.02. The number of aromatic amines is 2. The number of rotatable bonds is 3. The quantitative estimate of drug-likeness (QED) is 0.355. The lowest BCUT2D eigenvalue weighted by atomic mass is 10.0. The number of aromatic nitrogens is 4. The van der Waals surface area contributed by atoms with Crippen LogP contribution in [0.1, 0.15) is 12.2 Å². The molecule has 5 aromatic rings. The van der Waals surface area contributed by atoms with Crippen LogP contribution in [0, 0.1) is 0 Å². The van der Waals surface area contributed by atoms with Crippen molar-refractivity contribution in [2.45, 2.75) is 6.42 Å². The zero-order chi connectivity index (χ0) is 20.6. The molecule has 2 N–H and O–H groups in total. The summed E-state index contributed by atoms with van der Waals surface area (Å²) in [5, 5.41) is 0. The van der Waals surface area contributed by atoms with Crippen LogP contribution in [0.3, 0.4) is 0 Å². The fraction of sp³-hybridized carbons (Fsp3) is 0.0370. The number of benzene rings is 3. The van der Waals surface area contributed by atoms with Gasteiger partial charge >= 0.3 is 0 Å². The molecule has 1 aliphatic rings. The van der Waals surface area contributed by atoms with Crippen LogP contribution in [0.25, 0.3) is 50.2 Å². The molecule has 2 aromatic heterocycles. The maximum Gasteiger partial charge on any atom is 0.138 e. The Morgan fingerprint density at radius 2 is 1.29 bits per heavy atom. The van der Waals surface area contributed by atoms with Gasteiger partial charge in [0, 0.05) is 5.56 Å². The largest absolute Gasteiger partial charge is 0.338 e. The highest BCUT2D eigenvalue weighted by Gasteiger charge is 2.10. The van der Waals surface area contributed by atoms with Gasteiger partial charge in [-0.05, 0) is 47.4 Å². The monoisotopic (exact) mass is 400 g/mol. The molecule has 0 fully saturated rings. The van der Waals surface area contributed by atoms with E-state index in [-0.39, 0.29) is 0 Å². The van der Waals surface area contributed by atoms with Crippen LogP contribution in [0.2, 0.25) is 0 Å². The molecule has 148 valence electrons. The molecule has 6 rings (SSSR count). The number of fused-ring (bicyclic) bond motifs is 2. The fourth-order valence-electron chi connectivity index (χ4n) is 4.02. The average molecular weight is 400 g/mol. The summed E-state index contributed by atoms with van der Waals surface area (Å²) in [6.45, 7) is 0. The zero-order valence-electron chi connectivity index (χ0n) is 16.8. The van der Waals surface area contributed by atoms with Crippen molar-refractivity contribution in [2.75, 3.05) is 0 Å². The second kappa shape index (κ2) is 7.26. The number of hydrogen-bond acceptors (Lipinski definition) is 2. The lowest BCUT2D eigenvalue weighted by Crippen LogP contribution is -1.85. The minimum Gasteiger partial charge on any atom is -0.338 e. The van der Waals surface area contributed by atoms with Gasteiger partial charge in [-0.25, -0.2) is 9.97 Å². The molecule has 0 spiro atoms. The van der Waals surface area contributed by atoms with Crippen LogP contribution in [0.15, 0.2) is 97.1 Å². The van der Waals surface area contributed by atoms with Gasteiger partial charge in [0.2, 0.25) is 0 Å². The number of hydrogen-bond donors (Lipinski definition) is 2. The van der Waals surface area contributed by atoms with E-state index in [0.29, 0.717) is 0 Å². The first-order valence-electron chi connectivity index (χ1n) is 10.4. The highest BCUT2D eigenvalue weighted by molar-refractivity contribution is 5.88. The Bertz CT molecular complexity index is 1500.